The van der Waals surface area contributed by atoms with Gasteiger partial charge < -0.3 is 14.4 Å². The van der Waals surface area contributed by atoms with Crippen molar-refractivity contribution >= 4 is 21.7 Å². The number of hydrogen-bond donors (Lipinski definition) is 1. The van der Waals surface area contributed by atoms with E-state index in [4.69, 9.17) is 9.52 Å². The van der Waals surface area contributed by atoms with Crippen molar-refractivity contribution in [2.75, 3.05) is 12.8 Å². The van der Waals surface area contributed by atoms with Gasteiger partial charge in [-0.2, -0.15) is 0 Å². The molecule has 1 saturated carbocycles. The summed E-state index contributed by atoms with van der Waals surface area (Å²) < 4.78 is 27.5. The van der Waals surface area contributed by atoms with Crippen LogP contribution in [-0.4, -0.2) is 49.1 Å². The molecule has 0 radical (unpaired) electrons. The lowest BCUT2D eigenvalue weighted by molar-refractivity contribution is -0.137. The smallest absolute Gasteiger partial charge is 0.323 e. The molecule has 0 saturated heterocycles. The average Bonchev–Trinajstić information content (AvgIpc) is 2.99. The minimum atomic E-state index is -3.52. The number of carbonyl (C=O) groups is 2. The summed E-state index contributed by atoms with van der Waals surface area (Å²) in [5.41, 5.74) is 0. The zero-order valence-corrected chi connectivity index (χ0v) is 11.0. The van der Waals surface area contributed by atoms with Crippen LogP contribution in [0.15, 0.2) is 21.6 Å². The molecule has 0 bridgehead atoms. The van der Waals surface area contributed by atoms with Crippen LogP contribution in [0.4, 0.5) is 0 Å². The van der Waals surface area contributed by atoms with E-state index < -0.39 is 28.3 Å². The Morgan fingerprint density at radius 1 is 1.42 bits per heavy atom. The summed E-state index contributed by atoms with van der Waals surface area (Å²) in [6.45, 7) is -0.418. The summed E-state index contributed by atoms with van der Waals surface area (Å²) in [7, 11) is -3.52. The highest BCUT2D eigenvalue weighted by molar-refractivity contribution is 7.90. The lowest BCUT2D eigenvalue weighted by atomic mass is 10.3. The van der Waals surface area contributed by atoms with E-state index in [0.29, 0.717) is 0 Å². The molecule has 0 atom stereocenters. The number of sulfone groups is 1. The SMILES string of the molecule is CS(=O)(=O)c1ccc(C(=O)N(CC(=O)O)C2CC2)o1. The largest absolute Gasteiger partial charge is 0.480 e. The zero-order chi connectivity index (χ0) is 14.2. The molecular weight excluding hydrogens is 274 g/mol. The minimum absolute atomic E-state index is 0.101. The molecule has 1 aliphatic carbocycles. The Morgan fingerprint density at radius 2 is 2.05 bits per heavy atom. The molecule has 0 unspecified atom stereocenters. The Balaban J connectivity index is 2.22. The number of carboxylic acid groups (broad SMARTS) is 1. The summed E-state index contributed by atoms with van der Waals surface area (Å²) in [6.07, 6.45) is 2.47. The fraction of sp³-hybridized carbons (Fsp3) is 0.455. The van der Waals surface area contributed by atoms with Crippen molar-refractivity contribution < 1.29 is 27.5 Å². The maximum Gasteiger partial charge on any atom is 0.323 e. The Bertz CT molecular complexity index is 613. The van der Waals surface area contributed by atoms with Crippen LogP contribution < -0.4 is 0 Å². The van der Waals surface area contributed by atoms with Crippen molar-refractivity contribution in [2.45, 2.75) is 24.0 Å². The van der Waals surface area contributed by atoms with Crippen LogP contribution in [0.25, 0.3) is 0 Å². The summed E-state index contributed by atoms with van der Waals surface area (Å²) >= 11 is 0. The van der Waals surface area contributed by atoms with Crippen molar-refractivity contribution in [1.29, 1.82) is 0 Å². The van der Waals surface area contributed by atoms with Gasteiger partial charge in [-0.05, 0) is 25.0 Å². The molecule has 1 fully saturated rings. The van der Waals surface area contributed by atoms with Crippen LogP contribution in [0.2, 0.25) is 0 Å². The van der Waals surface area contributed by atoms with E-state index in [1.54, 1.807) is 0 Å². The summed E-state index contributed by atoms with van der Waals surface area (Å²) in [6, 6.07) is 2.33. The number of hydrogen-bond acceptors (Lipinski definition) is 5. The molecule has 104 valence electrons. The predicted molar refractivity (Wildman–Crippen MR) is 63.5 cm³/mol. The second-order valence-corrected chi connectivity index (χ2v) is 6.40. The van der Waals surface area contributed by atoms with Gasteiger partial charge in [0.05, 0.1) is 0 Å². The van der Waals surface area contributed by atoms with Gasteiger partial charge in [-0.1, -0.05) is 0 Å². The third-order valence-corrected chi connectivity index (χ3v) is 3.66. The number of furan rings is 1. The van der Waals surface area contributed by atoms with E-state index in [0.717, 1.165) is 19.1 Å². The van der Waals surface area contributed by atoms with E-state index in [2.05, 4.69) is 0 Å². The molecule has 0 spiro atoms. The molecule has 8 heteroatoms. The van der Waals surface area contributed by atoms with E-state index in [9.17, 15) is 18.0 Å². The highest BCUT2D eigenvalue weighted by Gasteiger charge is 2.35. The Kier molecular flexibility index (Phi) is 3.36. The minimum Gasteiger partial charge on any atom is -0.480 e. The number of carboxylic acids is 1. The highest BCUT2D eigenvalue weighted by Crippen LogP contribution is 2.28. The predicted octanol–water partition coefficient (Wildman–Crippen LogP) is 0.372. The second-order valence-electron chi connectivity index (χ2n) is 4.45. The maximum absolute atomic E-state index is 12.1. The Labute approximate surface area is 109 Å². The van der Waals surface area contributed by atoms with Crippen molar-refractivity contribution in [3.05, 3.63) is 17.9 Å². The number of carbonyl (C=O) groups excluding carboxylic acids is 1. The van der Waals surface area contributed by atoms with Crippen LogP contribution in [0.1, 0.15) is 23.4 Å². The van der Waals surface area contributed by atoms with Gasteiger partial charge in [0.25, 0.3) is 5.91 Å². The monoisotopic (exact) mass is 287 g/mol. The Morgan fingerprint density at radius 3 is 2.47 bits per heavy atom. The second kappa shape index (κ2) is 4.69. The average molecular weight is 287 g/mol. The highest BCUT2D eigenvalue weighted by atomic mass is 32.2. The van der Waals surface area contributed by atoms with Gasteiger partial charge >= 0.3 is 5.97 Å². The van der Waals surface area contributed by atoms with Gasteiger partial charge in [-0.3, -0.25) is 9.59 Å². The summed E-state index contributed by atoms with van der Waals surface area (Å²) in [4.78, 5) is 24.0. The molecule has 2 rings (SSSR count). The van der Waals surface area contributed by atoms with Gasteiger partial charge in [0.15, 0.2) is 5.76 Å². The zero-order valence-electron chi connectivity index (χ0n) is 10.2. The molecule has 7 nitrogen and oxygen atoms in total. The summed E-state index contributed by atoms with van der Waals surface area (Å²) in [5, 5.41) is 8.47. The topological polar surface area (TPSA) is 105 Å². The number of rotatable bonds is 5. The standard InChI is InChI=1S/C11H13NO6S/c1-19(16,17)10-5-4-8(18-10)11(15)12(6-9(13)14)7-2-3-7/h4-5,7H,2-3,6H2,1H3,(H,13,14). The molecular formula is C11H13NO6S. The normalized spacial score (nSPS) is 15.2. The van der Waals surface area contributed by atoms with Gasteiger partial charge in [-0.25, -0.2) is 8.42 Å². The van der Waals surface area contributed by atoms with Crippen molar-refractivity contribution in [3.8, 4) is 0 Å². The van der Waals surface area contributed by atoms with Crippen molar-refractivity contribution in [3.63, 3.8) is 0 Å². The molecule has 1 aromatic heterocycles. The van der Waals surface area contributed by atoms with Gasteiger partial charge in [0.1, 0.15) is 6.54 Å². The molecule has 1 heterocycles. The van der Waals surface area contributed by atoms with E-state index in [1.165, 1.54) is 17.0 Å². The van der Waals surface area contributed by atoms with Gasteiger partial charge in [0, 0.05) is 12.3 Å². The third kappa shape index (κ3) is 3.14. The van der Waals surface area contributed by atoms with Crippen LogP contribution in [0.5, 0.6) is 0 Å². The third-order valence-electron chi connectivity index (χ3n) is 2.71. The van der Waals surface area contributed by atoms with Gasteiger partial charge in [0.2, 0.25) is 14.9 Å². The molecule has 0 aliphatic heterocycles. The van der Waals surface area contributed by atoms with E-state index in [1.807, 2.05) is 0 Å². The van der Waals surface area contributed by atoms with Crippen LogP contribution in [0, 0.1) is 0 Å². The maximum atomic E-state index is 12.1. The molecule has 0 aromatic carbocycles. The molecule has 1 amide bonds. The first-order valence-electron chi connectivity index (χ1n) is 5.61. The molecule has 19 heavy (non-hydrogen) atoms. The van der Waals surface area contributed by atoms with Crippen LogP contribution >= 0.6 is 0 Å². The first-order chi connectivity index (χ1) is 8.79. The fourth-order valence-corrected chi connectivity index (χ4v) is 2.23. The molecule has 1 aromatic rings. The molecule has 1 aliphatic rings. The summed E-state index contributed by atoms with van der Waals surface area (Å²) in [5.74, 6) is -1.87. The van der Waals surface area contributed by atoms with Crippen LogP contribution in [0.3, 0.4) is 0 Å². The molecule has 1 N–H and O–H groups in total. The first kappa shape index (κ1) is 13.6. The lowest BCUT2D eigenvalue weighted by Crippen LogP contribution is -2.37. The van der Waals surface area contributed by atoms with Crippen LogP contribution in [-0.2, 0) is 14.6 Å². The first-order valence-corrected chi connectivity index (χ1v) is 7.51. The van der Waals surface area contributed by atoms with E-state index in [-0.39, 0.29) is 16.9 Å². The number of aliphatic carboxylic acids is 1. The number of nitrogens with zero attached hydrogens (tertiary/aromatic N) is 1. The van der Waals surface area contributed by atoms with Crippen molar-refractivity contribution in [2.24, 2.45) is 0 Å². The Hall–Kier alpha value is -1.83. The quantitative estimate of drug-likeness (QED) is 0.839. The van der Waals surface area contributed by atoms with E-state index >= 15 is 0 Å². The van der Waals surface area contributed by atoms with Crippen molar-refractivity contribution in [1.82, 2.24) is 4.90 Å². The lowest BCUT2D eigenvalue weighted by Gasteiger charge is -2.18. The van der Waals surface area contributed by atoms with Gasteiger partial charge in [-0.15, -0.1) is 0 Å². The number of amides is 1. The fourth-order valence-electron chi connectivity index (χ4n) is 1.67.